The van der Waals surface area contributed by atoms with Gasteiger partial charge in [-0.3, -0.25) is 4.79 Å². The van der Waals surface area contributed by atoms with Crippen molar-refractivity contribution in [1.29, 1.82) is 0 Å². The van der Waals surface area contributed by atoms with Crippen LogP contribution in [-0.2, 0) is 4.74 Å². The molecule has 0 radical (unpaired) electrons. The van der Waals surface area contributed by atoms with Crippen molar-refractivity contribution in [2.75, 3.05) is 31.6 Å². The Bertz CT molecular complexity index is 433. The van der Waals surface area contributed by atoms with E-state index in [-0.39, 0.29) is 11.9 Å². The number of carbonyl (C=O) groups excluding carboxylic acids is 1. The second-order valence-electron chi connectivity index (χ2n) is 4.99. The quantitative estimate of drug-likeness (QED) is 0.896. The zero-order valence-corrected chi connectivity index (χ0v) is 12.3. The minimum atomic E-state index is 0.00203. The predicted octanol–water partition coefficient (Wildman–Crippen LogP) is 2.15. The molecule has 0 bridgehead atoms. The Morgan fingerprint density at radius 3 is 3.00 bits per heavy atom. The van der Waals surface area contributed by atoms with E-state index in [9.17, 15) is 4.79 Å². The van der Waals surface area contributed by atoms with Gasteiger partial charge in [0.05, 0.1) is 31.1 Å². The lowest BCUT2D eigenvalue weighted by atomic mass is 10.1. The first-order valence-electron chi connectivity index (χ1n) is 7.34. The number of hydrogen-bond donors (Lipinski definition) is 1. The fraction of sp³-hybridized carbons (Fsp3) is 0.600. The van der Waals surface area contributed by atoms with Crippen LogP contribution < -0.4 is 5.32 Å². The van der Waals surface area contributed by atoms with E-state index in [2.05, 4.69) is 24.1 Å². The van der Waals surface area contributed by atoms with E-state index in [0.29, 0.717) is 25.5 Å². The van der Waals surface area contributed by atoms with E-state index in [0.717, 1.165) is 25.1 Å². The second kappa shape index (κ2) is 7.24. The number of nitrogens with one attached hydrogen (secondary N) is 1. The molecule has 1 N–H and O–H groups in total. The normalized spacial score (nSPS) is 18.9. The maximum absolute atomic E-state index is 12.5. The molecule has 1 aliphatic rings. The molecule has 20 heavy (non-hydrogen) atoms. The van der Waals surface area contributed by atoms with E-state index < -0.39 is 0 Å². The third-order valence-electron chi connectivity index (χ3n) is 3.52. The largest absolute Gasteiger partial charge is 0.384 e. The molecule has 1 atom stereocenters. The number of anilines is 1. The van der Waals surface area contributed by atoms with Gasteiger partial charge in [0.2, 0.25) is 0 Å². The molecular formula is C15H23N3O2. The van der Waals surface area contributed by atoms with E-state index in [1.165, 1.54) is 0 Å². The van der Waals surface area contributed by atoms with E-state index in [4.69, 9.17) is 4.74 Å². The van der Waals surface area contributed by atoms with Crippen molar-refractivity contribution in [2.24, 2.45) is 0 Å². The highest BCUT2D eigenvalue weighted by Gasteiger charge is 2.27. The average Bonchev–Trinajstić information content (AvgIpc) is 2.52. The number of ether oxygens (including phenoxy) is 1. The Kier molecular flexibility index (Phi) is 5.35. The maximum atomic E-state index is 12.5. The molecule has 1 unspecified atom stereocenters. The molecule has 2 rings (SSSR count). The highest BCUT2D eigenvalue weighted by atomic mass is 16.5. The van der Waals surface area contributed by atoms with Gasteiger partial charge in [0.1, 0.15) is 5.69 Å². The fourth-order valence-electron chi connectivity index (χ4n) is 2.30. The van der Waals surface area contributed by atoms with Gasteiger partial charge in [-0.25, -0.2) is 4.98 Å². The molecule has 1 aromatic heterocycles. The van der Waals surface area contributed by atoms with Crippen molar-refractivity contribution >= 4 is 11.6 Å². The van der Waals surface area contributed by atoms with Crippen molar-refractivity contribution in [1.82, 2.24) is 9.88 Å². The van der Waals surface area contributed by atoms with Crippen molar-refractivity contribution < 1.29 is 9.53 Å². The minimum Gasteiger partial charge on any atom is -0.384 e. The summed E-state index contributed by atoms with van der Waals surface area (Å²) in [6.45, 7) is 6.98. The number of aromatic nitrogens is 1. The van der Waals surface area contributed by atoms with Gasteiger partial charge in [-0.2, -0.15) is 0 Å². The summed E-state index contributed by atoms with van der Waals surface area (Å²) in [5.74, 6) is 0.00203. The van der Waals surface area contributed by atoms with Gasteiger partial charge in [-0.15, -0.1) is 0 Å². The van der Waals surface area contributed by atoms with Crippen LogP contribution in [0.5, 0.6) is 0 Å². The molecule has 5 nitrogen and oxygen atoms in total. The first-order valence-corrected chi connectivity index (χ1v) is 7.34. The van der Waals surface area contributed by atoms with Crippen molar-refractivity contribution in [3.63, 3.8) is 0 Å². The van der Waals surface area contributed by atoms with Crippen LogP contribution in [0.4, 0.5) is 5.69 Å². The van der Waals surface area contributed by atoms with Crippen LogP contribution in [0, 0.1) is 0 Å². The Labute approximate surface area is 120 Å². The lowest BCUT2D eigenvalue weighted by Crippen LogP contribution is -2.48. The molecule has 1 aliphatic heterocycles. The zero-order valence-electron chi connectivity index (χ0n) is 12.3. The molecule has 1 fully saturated rings. The molecule has 0 spiro atoms. The second-order valence-corrected chi connectivity index (χ2v) is 4.99. The summed E-state index contributed by atoms with van der Waals surface area (Å²) in [6, 6.07) is 3.87. The van der Waals surface area contributed by atoms with Gasteiger partial charge in [0.15, 0.2) is 0 Å². The third-order valence-corrected chi connectivity index (χ3v) is 3.52. The minimum absolute atomic E-state index is 0.00203. The summed E-state index contributed by atoms with van der Waals surface area (Å²) in [7, 11) is 0. The first kappa shape index (κ1) is 14.8. The highest BCUT2D eigenvalue weighted by Crippen LogP contribution is 2.15. The first-order chi connectivity index (χ1) is 9.76. The zero-order chi connectivity index (χ0) is 14.4. The number of amides is 1. The molecule has 1 saturated heterocycles. The topological polar surface area (TPSA) is 54.5 Å². The van der Waals surface area contributed by atoms with Crippen LogP contribution in [0.2, 0.25) is 0 Å². The standard InChI is InChI=1S/C15H23N3O2/c1-3-7-16-12-5-6-14(17-10-12)15(19)18-8-9-20-11-13(18)4-2/h5-6,10,13,16H,3-4,7-9,11H2,1-2H3. The van der Waals surface area contributed by atoms with E-state index >= 15 is 0 Å². The summed E-state index contributed by atoms with van der Waals surface area (Å²) < 4.78 is 5.43. The van der Waals surface area contributed by atoms with Crippen molar-refractivity contribution in [2.45, 2.75) is 32.7 Å². The van der Waals surface area contributed by atoms with Gasteiger partial charge < -0.3 is 15.0 Å². The van der Waals surface area contributed by atoms with Crippen molar-refractivity contribution in [3.05, 3.63) is 24.0 Å². The molecule has 110 valence electrons. The molecule has 0 aromatic carbocycles. The number of morpholine rings is 1. The summed E-state index contributed by atoms with van der Waals surface area (Å²) in [5.41, 5.74) is 1.46. The smallest absolute Gasteiger partial charge is 0.272 e. The van der Waals surface area contributed by atoms with E-state index in [1.54, 1.807) is 12.3 Å². The maximum Gasteiger partial charge on any atom is 0.272 e. The number of nitrogens with zero attached hydrogens (tertiary/aromatic N) is 2. The Morgan fingerprint density at radius 1 is 1.50 bits per heavy atom. The van der Waals surface area contributed by atoms with Gasteiger partial charge in [-0.1, -0.05) is 13.8 Å². The molecule has 5 heteroatoms. The number of hydrogen-bond acceptors (Lipinski definition) is 4. The van der Waals surface area contributed by atoms with Crippen LogP contribution in [0.25, 0.3) is 0 Å². The van der Waals surface area contributed by atoms with Crippen molar-refractivity contribution in [3.8, 4) is 0 Å². The Morgan fingerprint density at radius 2 is 2.35 bits per heavy atom. The van der Waals surface area contributed by atoms with Crippen LogP contribution in [0.15, 0.2) is 18.3 Å². The number of pyridine rings is 1. The fourth-order valence-corrected chi connectivity index (χ4v) is 2.30. The van der Waals surface area contributed by atoms with Crippen LogP contribution >= 0.6 is 0 Å². The summed E-state index contributed by atoms with van der Waals surface area (Å²) in [6.07, 6.45) is 3.69. The molecule has 0 saturated carbocycles. The molecule has 1 aromatic rings. The monoisotopic (exact) mass is 277 g/mol. The predicted molar refractivity (Wildman–Crippen MR) is 79.0 cm³/mol. The average molecular weight is 277 g/mol. The van der Waals surface area contributed by atoms with Crippen LogP contribution in [0.1, 0.15) is 37.2 Å². The van der Waals surface area contributed by atoms with Crippen LogP contribution in [-0.4, -0.2) is 48.1 Å². The van der Waals surface area contributed by atoms with E-state index in [1.807, 2.05) is 11.0 Å². The van der Waals surface area contributed by atoms with Gasteiger partial charge >= 0.3 is 0 Å². The molecular weight excluding hydrogens is 254 g/mol. The molecule has 0 aliphatic carbocycles. The lowest BCUT2D eigenvalue weighted by molar-refractivity contribution is -0.00310. The highest BCUT2D eigenvalue weighted by molar-refractivity contribution is 5.92. The lowest BCUT2D eigenvalue weighted by Gasteiger charge is -2.34. The SMILES string of the molecule is CCCNc1ccc(C(=O)N2CCOCC2CC)nc1. The summed E-state index contributed by atoms with van der Waals surface area (Å²) in [4.78, 5) is 18.6. The summed E-state index contributed by atoms with van der Waals surface area (Å²) in [5, 5.41) is 3.25. The Balaban J connectivity index is 2.04. The van der Waals surface area contributed by atoms with Gasteiger partial charge in [0, 0.05) is 13.1 Å². The molecule has 1 amide bonds. The number of rotatable bonds is 5. The number of carbonyl (C=O) groups is 1. The summed E-state index contributed by atoms with van der Waals surface area (Å²) >= 11 is 0. The third kappa shape index (κ3) is 3.48. The van der Waals surface area contributed by atoms with Crippen LogP contribution in [0.3, 0.4) is 0 Å². The van der Waals surface area contributed by atoms with Gasteiger partial charge in [-0.05, 0) is 25.0 Å². The molecule has 2 heterocycles. The van der Waals surface area contributed by atoms with Gasteiger partial charge in [0.25, 0.3) is 5.91 Å². The Hall–Kier alpha value is -1.62.